The van der Waals surface area contributed by atoms with Crippen LogP contribution in [0.25, 0.3) is 0 Å². The molecule has 0 aliphatic carbocycles. The van der Waals surface area contributed by atoms with Gasteiger partial charge in [-0.1, -0.05) is 61.3 Å². The lowest BCUT2D eigenvalue weighted by Crippen LogP contribution is -2.42. The minimum Gasteiger partial charge on any atom is -0.430 e. The molecular formula is C26H31Cl2N3O4. The van der Waals surface area contributed by atoms with E-state index in [-0.39, 0.29) is 31.5 Å². The molecule has 3 rings (SSSR count). The Bertz CT molecular complexity index is 1040. The standard InChI is InChI=1S/C26H31Cl2N3O4/c1-16(2)12-22-26(15-29,18-6-8-19(27)9-7-18)23(17-4-3-5-20(28)13-17)24(31-22)35-25(34)30-11-10-21(33)14-32/h3-9,13,16,21-24,31-33H,10-12,14H2,1-2H3,(H,30,34)/t21-,22+,23-,24+,26-/m0/s1. The van der Waals surface area contributed by atoms with Crippen LogP contribution in [0.4, 0.5) is 4.79 Å². The average molecular weight is 520 g/mol. The Morgan fingerprint density at radius 3 is 2.54 bits per heavy atom. The largest absolute Gasteiger partial charge is 0.430 e. The number of nitriles is 1. The zero-order valence-electron chi connectivity index (χ0n) is 19.7. The molecule has 5 atom stereocenters. The van der Waals surface area contributed by atoms with Gasteiger partial charge < -0.3 is 20.3 Å². The van der Waals surface area contributed by atoms with Gasteiger partial charge in [-0.25, -0.2) is 4.79 Å². The number of nitrogens with one attached hydrogen (secondary N) is 2. The van der Waals surface area contributed by atoms with Crippen LogP contribution in [0.1, 0.15) is 43.7 Å². The number of amides is 1. The van der Waals surface area contributed by atoms with Crippen molar-refractivity contribution in [2.24, 2.45) is 5.92 Å². The maximum absolute atomic E-state index is 12.7. The molecule has 7 nitrogen and oxygen atoms in total. The first-order valence-corrected chi connectivity index (χ1v) is 12.4. The highest BCUT2D eigenvalue weighted by atomic mass is 35.5. The Labute approximate surface area is 216 Å². The zero-order chi connectivity index (χ0) is 25.6. The summed E-state index contributed by atoms with van der Waals surface area (Å²) in [5.74, 6) is -0.301. The Kier molecular flexibility index (Phi) is 9.40. The van der Waals surface area contributed by atoms with Crippen LogP contribution in [0.5, 0.6) is 0 Å². The second kappa shape index (κ2) is 12.1. The van der Waals surface area contributed by atoms with E-state index in [4.69, 9.17) is 33.0 Å². The molecule has 1 fully saturated rings. The van der Waals surface area contributed by atoms with E-state index in [9.17, 15) is 15.2 Å². The van der Waals surface area contributed by atoms with Crippen LogP contribution in [0.3, 0.4) is 0 Å². The van der Waals surface area contributed by atoms with Crippen molar-refractivity contribution >= 4 is 29.3 Å². The number of hydrogen-bond acceptors (Lipinski definition) is 6. The molecule has 0 saturated carbocycles. The molecule has 0 unspecified atom stereocenters. The van der Waals surface area contributed by atoms with Gasteiger partial charge in [0.15, 0.2) is 6.23 Å². The van der Waals surface area contributed by atoms with E-state index in [0.29, 0.717) is 16.5 Å². The van der Waals surface area contributed by atoms with Crippen molar-refractivity contribution in [2.75, 3.05) is 13.2 Å². The van der Waals surface area contributed by atoms with Gasteiger partial charge in [-0.3, -0.25) is 5.32 Å². The summed E-state index contributed by atoms with van der Waals surface area (Å²) >= 11 is 12.5. The van der Waals surface area contributed by atoms with Gasteiger partial charge in [-0.05, 0) is 54.2 Å². The Balaban J connectivity index is 2.03. The highest BCUT2D eigenvalue weighted by Gasteiger charge is 2.58. The van der Waals surface area contributed by atoms with E-state index >= 15 is 0 Å². The number of halogens is 2. The zero-order valence-corrected chi connectivity index (χ0v) is 21.3. The van der Waals surface area contributed by atoms with Crippen molar-refractivity contribution in [3.05, 3.63) is 69.7 Å². The normalized spacial score (nSPS) is 24.7. The van der Waals surface area contributed by atoms with Gasteiger partial charge >= 0.3 is 6.09 Å². The number of benzene rings is 2. The Morgan fingerprint density at radius 2 is 1.94 bits per heavy atom. The fourth-order valence-electron chi connectivity index (χ4n) is 4.75. The summed E-state index contributed by atoms with van der Waals surface area (Å²) in [7, 11) is 0. The number of ether oxygens (including phenoxy) is 1. The lowest BCUT2D eigenvalue weighted by molar-refractivity contribution is 0.0693. The van der Waals surface area contributed by atoms with Crippen molar-refractivity contribution in [1.29, 1.82) is 5.26 Å². The van der Waals surface area contributed by atoms with Gasteiger partial charge in [0.25, 0.3) is 0 Å². The summed E-state index contributed by atoms with van der Waals surface area (Å²) in [5, 5.41) is 36.3. The molecule has 0 radical (unpaired) electrons. The number of nitrogens with zero attached hydrogens (tertiary/aromatic N) is 1. The van der Waals surface area contributed by atoms with Crippen LogP contribution < -0.4 is 10.6 Å². The van der Waals surface area contributed by atoms with Crippen LogP contribution in [0, 0.1) is 17.2 Å². The Hall–Kier alpha value is -2.34. The van der Waals surface area contributed by atoms with Crippen LogP contribution in [-0.2, 0) is 10.2 Å². The molecule has 1 aliphatic heterocycles. The summed E-state index contributed by atoms with van der Waals surface area (Å²) in [4.78, 5) is 12.7. The summed E-state index contributed by atoms with van der Waals surface area (Å²) in [6.07, 6.45) is -1.59. The first-order chi connectivity index (χ1) is 16.7. The van der Waals surface area contributed by atoms with Crippen LogP contribution in [-0.4, -0.2) is 47.8 Å². The lowest BCUT2D eigenvalue weighted by Gasteiger charge is -2.35. The predicted octanol–water partition coefficient (Wildman–Crippen LogP) is 4.35. The fraction of sp³-hybridized carbons (Fsp3) is 0.462. The van der Waals surface area contributed by atoms with Gasteiger partial charge in [-0.15, -0.1) is 0 Å². The summed E-state index contributed by atoms with van der Waals surface area (Å²) < 4.78 is 5.82. The van der Waals surface area contributed by atoms with E-state index in [1.54, 1.807) is 24.3 Å². The first kappa shape index (κ1) is 27.3. The molecule has 35 heavy (non-hydrogen) atoms. The fourth-order valence-corrected chi connectivity index (χ4v) is 5.08. The molecule has 0 bridgehead atoms. The van der Waals surface area contributed by atoms with Crippen molar-refractivity contribution < 1.29 is 19.7 Å². The number of aliphatic hydroxyl groups is 2. The number of hydrogen-bond donors (Lipinski definition) is 4. The maximum atomic E-state index is 12.7. The first-order valence-electron chi connectivity index (χ1n) is 11.6. The van der Waals surface area contributed by atoms with E-state index in [0.717, 1.165) is 11.1 Å². The SMILES string of the molecule is CC(C)C[C@H]1N[C@H](OC(=O)NCC[C@H](O)CO)[C@H](c2cccc(Cl)c2)[C@@]1(C#N)c1ccc(Cl)cc1. The quantitative estimate of drug-likeness (QED) is 0.391. The third-order valence-electron chi connectivity index (χ3n) is 6.32. The minimum atomic E-state index is -1.07. The van der Waals surface area contributed by atoms with Crippen molar-refractivity contribution in [3.63, 3.8) is 0 Å². The number of carbonyl (C=O) groups excluding carboxylic acids is 1. The molecule has 9 heteroatoms. The van der Waals surface area contributed by atoms with Crippen LogP contribution >= 0.6 is 23.2 Å². The van der Waals surface area contributed by atoms with E-state index in [1.165, 1.54) is 0 Å². The van der Waals surface area contributed by atoms with E-state index in [1.807, 2.05) is 24.3 Å². The second-order valence-electron chi connectivity index (χ2n) is 9.25. The van der Waals surface area contributed by atoms with E-state index < -0.39 is 29.8 Å². The number of rotatable bonds is 9. The molecule has 2 aromatic carbocycles. The van der Waals surface area contributed by atoms with Crippen molar-refractivity contribution in [3.8, 4) is 6.07 Å². The van der Waals surface area contributed by atoms with Crippen LogP contribution in [0.2, 0.25) is 10.0 Å². The van der Waals surface area contributed by atoms with Gasteiger partial charge in [0.1, 0.15) is 5.41 Å². The number of alkyl carbamates (subject to hydrolysis) is 1. The van der Waals surface area contributed by atoms with E-state index in [2.05, 4.69) is 30.6 Å². The molecule has 2 aromatic rings. The monoisotopic (exact) mass is 519 g/mol. The summed E-state index contributed by atoms with van der Waals surface area (Å²) in [6.45, 7) is 3.90. The lowest BCUT2D eigenvalue weighted by atomic mass is 9.65. The number of aliphatic hydroxyl groups excluding tert-OH is 2. The molecule has 1 aliphatic rings. The van der Waals surface area contributed by atoms with Gasteiger partial charge in [0.2, 0.25) is 0 Å². The smallest absolute Gasteiger partial charge is 0.408 e. The Morgan fingerprint density at radius 1 is 1.23 bits per heavy atom. The highest BCUT2D eigenvalue weighted by Crippen LogP contribution is 2.50. The van der Waals surface area contributed by atoms with Gasteiger partial charge in [0.05, 0.1) is 24.7 Å². The molecule has 0 aromatic heterocycles. The van der Waals surface area contributed by atoms with Crippen molar-refractivity contribution in [2.45, 2.75) is 56.4 Å². The van der Waals surface area contributed by atoms with Gasteiger partial charge in [0, 0.05) is 22.6 Å². The second-order valence-corrected chi connectivity index (χ2v) is 10.1. The molecular weight excluding hydrogens is 489 g/mol. The van der Waals surface area contributed by atoms with Gasteiger partial charge in [-0.2, -0.15) is 5.26 Å². The molecule has 1 saturated heterocycles. The molecule has 4 N–H and O–H groups in total. The predicted molar refractivity (Wildman–Crippen MR) is 135 cm³/mol. The highest BCUT2D eigenvalue weighted by molar-refractivity contribution is 6.30. The van der Waals surface area contributed by atoms with Crippen molar-refractivity contribution in [1.82, 2.24) is 10.6 Å². The third kappa shape index (κ3) is 6.27. The molecule has 0 spiro atoms. The molecule has 188 valence electrons. The molecule has 1 amide bonds. The average Bonchev–Trinajstić information content (AvgIpc) is 3.11. The molecule has 1 heterocycles. The summed E-state index contributed by atoms with van der Waals surface area (Å²) in [6, 6.07) is 16.7. The van der Waals surface area contributed by atoms with Crippen LogP contribution in [0.15, 0.2) is 48.5 Å². The minimum absolute atomic E-state index is 0.130. The summed E-state index contributed by atoms with van der Waals surface area (Å²) in [5.41, 5.74) is 0.462. The third-order valence-corrected chi connectivity index (χ3v) is 6.81. The topological polar surface area (TPSA) is 115 Å². The number of carbonyl (C=O) groups is 1. The maximum Gasteiger partial charge on any atom is 0.408 e.